The SMILES string of the molecule is CCCC(C)Nc1cc(Cl)c([N+](=O)[O-])cc1C. The minimum Gasteiger partial charge on any atom is -0.382 e. The molecule has 0 aliphatic heterocycles. The molecule has 5 heteroatoms. The van der Waals surface area contributed by atoms with Gasteiger partial charge in [-0.3, -0.25) is 10.1 Å². The van der Waals surface area contributed by atoms with Crippen molar-refractivity contribution < 1.29 is 4.92 Å². The van der Waals surface area contributed by atoms with Crippen molar-refractivity contribution in [3.8, 4) is 0 Å². The van der Waals surface area contributed by atoms with Crippen molar-refractivity contribution in [1.29, 1.82) is 0 Å². The number of halogens is 1. The van der Waals surface area contributed by atoms with Gasteiger partial charge in [0, 0.05) is 17.8 Å². The molecule has 0 saturated heterocycles. The summed E-state index contributed by atoms with van der Waals surface area (Å²) in [7, 11) is 0. The lowest BCUT2D eigenvalue weighted by Crippen LogP contribution is -2.15. The van der Waals surface area contributed by atoms with Crippen molar-refractivity contribution in [3.63, 3.8) is 0 Å². The lowest BCUT2D eigenvalue weighted by atomic mass is 10.1. The van der Waals surface area contributed by atoms with Gasteiger partial charge in [0.05, 0.1) is 4.92 Å². The molecule has 0 spiro atoms. The van der Waals surface area contributed by atoms with Crippen LogP contribution in [0.3, 0.4) is 0 Å². The van der Waals surface area contributed by atoms with E-state index in [1.807, 2.05) is 6.92 Å². The zero-order chi connectivity index (χ0) is 13.0. The molecule has 1 atom stereocenters. The summed E-state index contributed by atoms with van der Waals surface area (Å²) in [6.07, 6.45) is 2.14. The maximum Gasteiger partial charge on any atom is 0.288 e. The molecule has 0 radical (unpaired) electrons. The minimum atomic E-state index is -0.464. The summed E-state index contributed by atoms with van der Waals surface area (Å²) in [6.45, 7) is 6.04. The second kappa shape index (κ2) is 5.87. The lowest BCUT2D eigenvalue weighted by Gasteiger charge is -2.16. The molecule has 0 aliphatic carbocycles. The Morgan fingerprint density at radius 3 is 2.71 bits per heavy atom. The maximum absolute atomic E-state index is 10.7. The van der Waals surface area contributed by atoms with E-state index in [4.69, 9.17) is 11.6 Å². The van der Waals surface area contributed by atoms with E-state index in [-0.39, 0.29) is 10.7 Å². The smallest absolute Gasteiger partial charge is 0.288 e. The Labute approximate surface area is 106 Å². The fraction of sp³-hybridized carbons (Fsp3) is 0.500. The zero-order valence-electron chi connectivity index (χ0n) is 10.3. The summed E-state index contributed by atoms with van der Waals surface area (Å²) in [5, 5.41) is 14.2. The Morgan fingerprint density at radius 2 is 2.18 bits per heavy atom. The molecule has 1 N–H and O–H groups in total. The van der Waals surface area contributed by atoms with E-state index in [0.717, 1.165) is 24.1 Å². The summed E-state index contributed by atoms with van der Waals surface area (Å²) in [5.41, 5.74) is 1.66. The summed E-state index contributed by atoms with van der Waals surface area (Å²) in [6, 6.07) is 3.46. The quantitative estimate of drug-likeness (QED) is 0.636. The summed E-state index contributed by atoms with van der Waals surface area (Å²) < 4.78 is 0. The molecule has 0 aromatic heterocycles. The lowest BCUT2D eigenvalue weighted by molar-refractivity contribution is -0.384. The van der Waals surface area contributed by atoms with Gasteiger partial charge in [0.1, 0.15) is 5.02 Å². The fourth-order valence-corrected chi connectivity index (χ4v) is 1.96. The Bertz CT molecular complexity index is 421. The molecule has 94 valence electrons. The number of nitro groups is 1. The van der Waals surface area contributed by atoms with Gasteiger partial charge < -0.3 is 5.32 Å². The predicted molar refractivity (Wildman–Crippen MR) is 70.8 cm³/mol. The van der Waals surface area contributed by atoms with Crippen LogP contribution < -0.4 is 5.32 Å². The largest absolute Gasteiger partial charge is 0.382 e. The van der Waals surface area contributed by atoms with Gasteiger partial charge in [-0.1, -0.05) is 24.9 Å². The molecule has 0 aliphatic rings. The molecule has 0 saturated carbocycles. The molecule has 17 heavy (non-hydrogen) atoms. The number of benzene rings is 1. The van der Waals surface area contributed by atoms with Crippen molar-refractivity contribution in [3.05, 3.63) is 32.8 Å². The number of nitrogens with zero attached hydrogens (tertiary/aromatic N) is 1. The van der Waals surface area contributed by atoms with Crippen LogP contribution in [0.4, 0.5) is 11.4 Å². The Morgan fingerprint density at radius 1 is 1.53 bits per heavy atom. The third kappa shape index (κ3) is 3.60. The molecule has 1 aromatic rings. The van der Waals surface area contributed by atoms with Crippen LogP contribution in [-0.4, -0.2) is 11.0 Å². The van der Waals surface area contributed by atoms with Crippen LogP contribution in [0.2, 0.25) is 5.02 Å². The highest BCUT2D eigenvalue weighted by atomic mass is 35.5. The number of aryl methyl sites for hydroxylation is 1. The van der Waals surface area contributed by atoms with Crippen LogP contribution in [0.1, 0.15) is 32.3 Å². The van der Waals surface area contributed by atoms with Crippen molar-refractivity contribution in [2.45, 2.75) is 39.7 Å². The van der Waals surface area contributed by atoms with Crippen LogP contribution in [0.5, 0.6) is 0 Å². The normalized spacial score (nSPS) is 12.2. The number of anilines is 1. The first-order valence-corrected chi connectivity index (χ1v) is 6.04. The molecule has 1 unspecified atom stereocenters. The minimum absolute atomic E-state index is 0.0436. The zero-order valence-corrected chi connectivity index (χ0v) is 11.0. The van der Waals surface area contributed by atoms with E-state index in [1.54, 1.807) is 6.07 Å². The van der Waals surface area contributed by atoms with E-state index >= 15 is 0 Å². The van der Waals surface area contributed by atoms with E-state index < -0.39 is 4.92 Å². The molecular weight excluding hydrogens is 240 g/mol. The van der Waals surface area contributed by atoms with E-state index in [0.29, 0.717) is 6.04 Å². The summed E-state index contributed by atoms with van der Waals surface area (Å²) in [4.78, 5) is 10.2. The maximum atomic E-state index is 10.7. The Balaban J connectivity index is 2.95. The van der Waals surface area contributed by atoms with Crippen LogP contribution in [0.15, 0.2) is 12.1 Å². The number of nitro benzene ring substituents is 1. The second-order valence-electron chi connectivity index (χ2n) is 4.21. The number of rotatable bonds is 5. The molecule has 1 rings (SSSR count). The number of hydrogen-bond acceptors (Lipinski definition) is 3. The number of hydrogen-bond donors (Lipinski definition) is 1. The average Bonchev–Trinajstić information content (AvgIpc) is 2.22. The van der Waals surface area contributed by atoms with Gasteiger partial charge in [-0.05, 0) is 31.9 Å². The molecule has 0 bridgehead atoms. The fourth-order valence-electron chi connectivity index (χ4n) is 1.73. The predicted octanol–water partition coefficient (Wildman–Crippen LogP) is 4.16. The van der Waals surface area contributed by atoms with E-state index in [1.165, 1.54) is 6.07 Å². The standard InChI is InChI=1S/C12H17ClN2O2/c1-4-5-9(3)14-11-7-10(13)12(15(16)17)6-8(11)2/h6-7,9,14H,4-5H2,1-3H3. The third-order valence-corrected chi connectivity index (χ3v) is 2.92. The second-order valence-corrected chi connectivity index (χ2v) is 4.62. The first kappa shape index (κ1) is 13.8. The molecular formula is C12H17ClN2O2. The topological polar surface area (TPSA) is 55.2 Å². The van der Waals surface area contributed by atoms with Crippen molar-refractivity contribution in [2.75, 3.05) is 5.32 Å². The Hall–Kier alpha value is -1.29. The van der Waals surface area contributed by atoms with Crippen LogP contribution >= 0.6 is 11.6 Å². The van der Waals surface area contributed by atoms with Gasteiger partial charge in [-0.25, -0.2) is 0 Å². The molecule has 0 amide bonds. The van der Waals surface area contributed by atoms with Crippen LogP contribution in [0, 0.1) is 17.0 Å². The monoisotopic (exact) mass is 256 g/mol. The highest BCUT2D eigenvalue weighted by molar-refractivity contribution is 6.33. The highest BCUT2D eigenvalue weighted by Crippen LogP contribution is 2.30. The van der Waals surface area contributed by atoms with Gasteiger partial charge in [0.2, 0.25) is 0 Å². The highest BCUT2D eigenvalue weighted by Gasteiger charge is 2.15. The molecule has 0 fully saturated rings. The molecule has 4 nitrogen and oxygen atoms in total. The first-order valence-electron chi connectivity index (χ1n) is 5.66. The average molecular weight is 257 g/mol. The molecule has 1 aromatic carbocycles. The molecule has 0 heterocycles. The van der Waals surface area contributed by atoms with Crippen molar-refractivity contribution in [2.24, 2.45) is 0 Å². The first-order chi connectivity index (χ1) is 7.95. The van der Waals surface area contributed by atoms with Gasteiger partial charge >= 0.3 is 0 Å². The number of nitrogens with one attached hydrogen (secondary N) is 1. The van der Waals surface area contributed by atoms with Gasteiger partial charge in [-0.15, -0.1) is 0 Å². The van der Waals surface area contributed by atoms with Gasteiger partial charge in [0.25, 0.3) is 5.69 Å². The van der Waals surface area contributed by atoms with Crippen LogP contribution in [0.25, 0.3) is 0 Å². The summed E-state index contributed by atoms with van der Waals surface area (Å²) in [5.74, 6) is 0. The van der Waals surface area contributed by atoms with E-state index in [2.05, 4.69) is 19.2 Å². The Kier molecular flexibility index (Phi) is 4.75. The van der Waals surface area contributed by atoms with Gasteiger partial charge in [-0.2, -0.15) is 0 Å². The van der Waals surface area contributed by atoms with Crippen molar-refractivity contribution in [1.82, 2.24) is 0 Å². The summed E-state index contributed by atoms with van der Waals surface area (Å²) >= 11 is 5.88. The van der Waals surface area contributed by atoms with Crippen molar-refractivity contribution >= 4 is 23.0 Å². The van der Waals surface area contributed by atoms with Gasteiger partial charge in [0.15, 0.2) is 0 Å². The van der Waals surface area contributed by atoms with E-state index in [9.17, 15) is 10.1 Å². The van der Waals surface area contributed by atoms with Crippen LogP contribution in [-0.2, 0) is 0 Å². The third-order valence-electron chi connectivity index (χ3n) is 2.61.